The standard InChI is InChI=1S/C24H32N2O5/c1-4-5-6-9-18(21-12-11-20(29-2)15-22(21)30-3)14-23(27)26-19-10-7-8-17(13-19)16-31-24(25)28/h7-8,10-13,15,18H,4-6,9,14,16H2,1-3H3,(H2,25,28)(H,26,27). The van der Waals surface area contributed by atoms with Gasteiger partial charge in [0.05, 0.1) is 14.2 Å². The Kier molecular flexibility index (Phi) is 9.68. The maximum absolute atomic E-state index is 12.8. The van der Waals surface area contributed by atoms with E-state index in [1.807, 2.05) is 18.2 Å². The minimum Gasteiger partial charge on any atom is -0.497 e. The molecule has 0 aliphatic rings. The predicted octanol–water partition coefficient (Wildman–Crippen LogP) is 4.99. The summed E-state index contributed by atoms with van der Waals surface area (Å²) in [6.07, 6.45) is 3.63. The Morgan fingerprint density at radius 2 is 1.87 bits per heavy atom. The number of nitrogens with two attached hydrogens (primary N) is 1. The first-order chi connectivity index (χ1) is 15.0. The summed E-state index contributed by atoms with van der Waals surface area (Å²) >= 11 is 0. The van der Waals surface area contributed by atoms with Gasteiger partial charge in [0.15, 0.2) is 0 Å². The van der Waals surface area contributed by atoms with Crippen molar-refractivity contribution < 1.29 is 23.8 Å². The van der Waals surface area contributed by atoms with Crippen molar-refractivity contribution in [3.63, 3.8) is 0 Å². The SMILES string of the molecule is CCCCCC(CC(=O)Nc1cccc(COC(N)=O)c1)c1ccc(OC)cc1OC. The van der Waals surface area contributed by atoms with Gasteiger partial charge in [0, 0.05) is 18.2 Å². The van der Waals surface area contributed by atoms with Gasteiger partial charge in [-0.2, -0.15) is 0 Å². The monoisotopic (exact) mass is 428 g/mol. The molecule has 31 heavy (non-hydrogen) atoms. The summed E-state index contributed by atoms with van der Waals surface area (Å²) < 4.78 is 15.7. The van der Waals surface area contributed by atoms with Gasteiger partial charge in [-0.3, -0.25) is 4.79 Å². The first-order valence-electron chi connectivity index (χ1n) is 10.5. The van der Waals surface area contributed by atoms with Crippen molar-refractivity contribution in [2.75, 3.05) is 19.5 Å². The number of carbonyl (C=O) groups excluding carboxylic acids is 2. The second-order valence-corrected chi connectivity index (χ2v) is 7.36. The van der Waals surface area contributed by atoms with Crippen LogP contribution in [0, 0.1) is 0 Å². The second kappa shape index (κ2) is 12.5. The number of carbonyl (C=O) groups is 2. The van der Waals surface area contributed by atoms with E-state index in [1.54, 1.807) is 38.5 Å². The third-order valence-electron chi connectivity index (χ3n) is 5.06. The van der Waals surface area contributed by atoms with E-state index in [0.29, 0.717) is 17.9 Å². The fourth-order valence-corrected chi connectivity index (χ4v) is 3.49. The topological polar surface area (TPSA) is 99.9 Å². The summed E-state index contributed by atoms with van der Waals surface area (Å²) in [5, 5.41) is 2.94. The molecule has 168 valence electrons. The van der Waals surface area contributed by atoms with E-state index in [1.165, 1.54) is 0 Å². The van der Waals surface area contributed by atoms with Crippen LogP contribution in [-0.2, 0) is 16.1 Å². The van der Waals surface area contributed by atoms with Gasteiger partial charge in [0.1, 0.15) is 18.1 Å². The average molecular weight is 429 g/mol. The number of nitrogens with one attached hydrogen (secondary N) is 1. The number of ether oxygens (including phenoxy) is 3. The van der Waals surface area contributed by atoms with Gasteiger partial charge in [0.2, 0.25) is 5.91 Å². The van der Waals surface area contributed by atoms with Gasteiger partial charge in [-0.15, -0.1) is 0 Å². The highest BCUT2D eigenvalue weighted by Gasteiger charge is 2.20. The van der Waals surface area contributed by atoms with E-state index in [-0.39, 0.29) is 18.4 Å². The van der Waals surface area contributed by atoms with Crippen molar-refractivity contribution in [1.82, 2.24) is 0 Å². The number of hydrogen-bond donors (Lipinski definition) is 2. The van der Waals surface area contributed by atoms with Crippen LogP contribution < -0.4 is 20.5 Å². The largest absolute Gasteiger partial charge is 0.497 e. The van der Waals surface area contributed by atoms with Crippen molar-refractivity contribution >= 4 is 17.7 Å². The molecule has 0 saturated carbocycles. The minimum atomic E-state index is -0.835. The van der Waals surface area contributed by atoms with Crippen LogP contribution in [0.25, 0.3) is 0 Å². The molecule has 0 radical (unpaired) electrons. The van der Waals surface area contributed by atoms with Crippen molar-refractivity contribution in [1.29, 1.82) is 0 Å². The molecule has 1 unspecified atom stereocenters. The highest BCUT2D eigenvalue weighted by atomic mass is 16.5. The van der Waals surface area contributed by atoms with Crippen LogP contribution in [0.1, 0.15) is 56.1 Å². The molecular weight excluding hydrogens is 396 g/mol. The number of benzene rings is 2. The van der Waals surface area contributed by atoms with Gasteiger partial charge < -0.3 is 25.3 Å². The molecule has 7 heteroatoms. The van der Waals surface area contributed by atoms with Crippen LogP contribution in [-0.4, -0.2) is 26.2 Å². The molecule has 0 bridgehead atoms. The number of methoxy groups -OCH3 is 2. The van der Waals surface area contributed by atoms with Crippen molar-refractivity contribution in [3.05, 3.63) is 53.6 Å². The quantitative estimate of drug-likeness (QED) is 0.464. The second-order valence-electron chi connectivity index (χ2n) is 7.36. The van der Waals surface area contributed by atoms with E-state index in [9.17, 15) is 9.59 Å². The van der Waals surface area contributed by atoms with E-state index >= 15 is 0 Å². The molecular formula is C24H32N2O5. The summed E-state index contributed by atoms with van der Waals surface area (Å²) in [5.41, 5.74) is 7.40. The molecule has 0 saturated heterocycles. The van der Waals surface area contributed by atoms with Crippen molar-refractivity contribution in [3.8, 4) is 11.5 Å². The van der Waals surface area contributed by atoms with Crippen LogP contribution >= 0.6 is 0 Å². The predicted molar refractivity (Wildman–Crippen MR) is 120 cm³/mol. The van der Waals surface area contributed by atoms with Crippen LogP contribution in [0.2, 0.25) is 0 Å². The number of rotatable bonds is 12. The van der Waals surface area contributed by atoms with Crippen LogP contribution in [0.5, 0.6) is 11.5 Å². The Morgan fingerprint density at radius 3 is 2.55 bits per heavy atom. The van der Waals surface area contributed by atoms with Crippen LogP contribution in [0.3, 0.4) is 0 Å². The molecule has 0 aliphatic carbocycles. The lowest BCUT2D eigenvalue weighted by atomic mass is 9.89. The fourth-order valence-electron chi connectivity index (χ4n) is 3.49. The average Bonchev–Trinajstić information content (AvgIpc) is 2.77. The van der Waals surface area contributed by atoms with Gasteiger partial charge in [-0.05, 0) is 41.7 Å². The maximum atomic E-state index is 12.8. The fraction of sp³-hybridized carbons (Fsp3) is 0.417. The first kappa shape index (κ1) is 24.1. The van der Waals surface area contributed by atoms with Crippen molar-refractivity contribution in [2.45, 2.75) is 51.6 Å². The molecule has 2 aromatic rings. The number of hydrogen-bond acceptors (Lipinski definition) is 5. The lowest BCUT2D eigenvalue weighted by Crippen LogP contribution is -2.17. The lowest BCUT2D eigenvalue weighted by molar-refractivity contribution is -0.116. The molecule has 0 fully saturated rings. The Bertz CT molecular complexity index is 869. The molecule has 0 aromatic heterocycles. The molecule has 2 amide bonds. The summed E-state index contributed by atoms with van der Waals surface area (Å²) in [6, 6.07) is 12.9. The number of anilines is 1. The zero-order chi connectivity index (χ0) is 22.6. The third kappa shape index (κ3) is 7.85. The number of amides is 2. The van der Waals surface area contributed by atoms with Gasteiger partial charge in [-0.25, -0.2) is 4.79 Å². The summed E-state index contributed by atoms with van der Waals surface area (Å²) in [7, 11) is 3.24. The van der Waals surface area contributed by atoms with Crippen LogP contribution in [0.4, 0.5) is 10.5 Å². The molecule has 7 nitrogen and oxygen atoms in total. The molecule has 0 spiro atoms. The summed E-state index contributed by atoms with van der Waals surface area (Å²) in [4.78, 5) is 23.7. The Morgan fingerprint density at radius 1 is 1.06 bits per heavy atom. The maximum Gasteiger partial charge on any atom is 0.404 e. The van der Waals surface area contributed by atoms with Gasteiger partial charge >= 0.3 is 6.09 Å². The molecule has 2 rings (SSSR count). The Balaban J connectivity index is 2.13. The smallest absolute Gasteiger partial charge is 0.404 e. The first-order valence-corrected chi connectivity index (χ1v) is 10.5. The molecule has 1 atom stereocenters. The van der Waals surface area contributed by atoms with E-state index in [0.717, 1.165) is 42.6 Å². The van der Waals surface area contributed by atoms with Crippen LogP contribution in [0.15, 0.2) is 42.5 Å². The molecule has 3 N–H and O–H groups in total. The molecule has 2 aromatic carbocycles. The van der Waals surface area contributed by atoms with E-state index < -0.39 is 6.09 Å². The number of primary amides is 1. The lowest BCUT2D eigenvalue weighted by Gasteiger charge is -2.20. The zero-order valence-corrected chi connectivity index (χ0v) is 18.5. The zero-order valence-electron chi connectivity index (χ0n) is 18.5. The summed E-state index contributed by atoms with van der Waals surface area (Å²) in [5.74, 6) is 1.37. The highest BCUT2D eigenvalue weighted by molar-refractivity contribution is 5.91. The van der Waals surface area contributed by atoms with E-state index in [2.05, 4.69) is 12.2 Å². The van der Waals surface area contributed by atoms with Gasteiger partial charge in [-0.1, -0.05) is 44.4 Å². The number of unbranched alkanes of at least 4 members (excludes halogenated alkanes) is 2. The molecule has 0 aliphatic heterocycles. The van der Waals surface area contributed by atoms with Gasteiger partial charge in [0.25, 0.3) is 0 Å². The summed E-state index contributed by atoms with van der Waals surface area (Å²) in [6.45, 7) is 2.21. The highest BCUT2D eigenvalue weighted by Crippen LogP contribution is 2.35. The normalized spacial score (nSPS) is 11.5. The van der Waals surface area contributed by atoms with E-state index in [4.69, 9.17) is 19.9 Å². The minimum absolute atomic E-state index is 0.0220. The Hall–Kier alpha value is -3.22. The Labute approximate surface area is 183 Å². The molecule has 0 heterocycles. The van der Waals surface area contributed by atoms with Crippen molar-refractivity contribution in [2.24, 2.45) is 5.73 Å². The third-order valence-corrected chi connectivity index (χ3v) is 5.06.